The van der Waals surface area contributed by atoms with Gasteiger partial charge in [-0.15, -0.1) is 6.58 Å². The molecule has 3 heterocycles. The van der Waals surface area contributed by atoms with Crippen LogP contribution in [-0.2, 0) is 4.79 Å². The zero-order valence-corrected chi connectivity index (χ0v) is 22.2. The van der Waals surface area contributed by atoms with Crippen LogP contribution in [0.4, 0.5) is 0 Å². The lowest BCUT2D eigenvalue weighted by molar-refractivity contribution is -0.128. The van der Waals surface area contributed by atoms with Crippen LogP contribution in [0.15, 0.2) is 60.7 Å². The molecule has 4 unspecified atom stereocenters. The van der Waals surface area contributed by atoms with Crippen molar-refractivity contribution in [3.05, 3.63) is 66.3 Å². The number of carbonyl (C=O) groups is 1. The third kappa shape index (κ3) is 6.36. The molecule has 37 heavy (non-hydrogen) atoms. The topological polar surface area (TPSA) is 59.0 Å². The Morgan fingerprint density at radius 2 is 1.89 bits per heavy atom. The van der Waals surface area contributed by atoms with Gasteiger partial charge in [-0.1, -0.05) is 55.7 Å². The van der Waals surface area contributed by atoms with Crippen LogP contribution in [0.5, 0.6) is 5.75 Å². The van der Waals surface area contributed by atoms with Gasteiger partial charge in [0.2, 0.25) is 5.91 Å². The third-order valence-corrected chi connectivity index (χ3v) is 8.69. The fraction of sp³-hybridized carbons (Fsp3) is 0.581. The van der Waals surface area contributed by atoms with E-state index in [-0.39, 0.29) is 17.9 Å². The Kier molecular flexibility index (Phi) is 8.80. The molecule has 0 aromatic heterocycles. The van der Waals surface area contributed by atoms with Gasteiger partial charge in [-0.25, -0.2) is 5.01 Å². The number of rotatable bonds is 7. The molecule has 5 rings (SSSR count). The summed E-state index contributed by atoms with van der Waals surface area (Å²) in [6.45, 7) is 8.96. The minimum atomic E-state index is -0.136. The van der Waals surface area contributed by atoms with E-state index in [0.29, 0.717) is 24.3 Å². The Balaban J connectivity index is 1.37. The second-order valence-corrected chi connectivity index (χ2v) is 11.3. The van der Waals surface area contributed by atoms with Crippen LogP contribution >= 0.6 is 0 Å². The number of phenols is 1. The molecule has 2 bridgehead atoms. The number of carbonyl (C=O) groups excluding carboxylic acids is 1. The van der Waals surface area contributed by atoms with E-state index < -0.39 is 0 Å². The van der Waals surface area contributed by atoms with Gasteiger partial charge in [0.25, 0.3) is 0 Å². The summed E-state index contributed by atoms with van der Waals surface area (Å²) in [7, 11) is 0. The highest BCUT2D eigenvalue weighted by Crippen LogP contribution is 2.42. The highest BCUT2D eigenvalue weighted by atomic mass is 16.3. The maximum Gasteiger partial charge on any atom is 0.241 e. The van der Waals surface area contributed by atoms with E-state index in [1.54, 1.807) is 6.07 Å². The normalized spacial score (nSPS) is 28.5. The van der Waals surface area contributed by atoms with Crippen LogP contribution in [-0.4, -0.2) is 70.6 Å². The fourth-order valence-electron chi connectivity index (χ4n) is 6.84. The number of benzene rings is 1. The minimum absolute atomic E-state index is 0.0805. The smallest absolute Gasteiger partial charge is 0.241 e. The fourth-order valence-corrected chi connectivity index (χ4v) is 6.84. The highest BCUT2D eigenvalue weighted by Gasteiger charge is 2.40. The van der Waals surface area contributed by atoms with Crippen molar-refractivity contribution in [1.29, 1.82) is 0 Å². The van der Waals surface area contributed by atoms with Gasteiger partial charge in [-0.3, -0.25) is 20.0 Å². The molecule has 3 fully saturated rings. The molecular weight excluding hydrogens is 460 g/mol. The standard InChI is InChI=1S/C31H44N4O2/c1-2-18-33-21-17-27-10-8-11-28(23-33)35(27)30(26-9-7-12-29(36)22-26)24-13-15-25(16-14-24)31(37)32-34-19-5-3-4-6-20-34/h2,7,9,12-15,22,25,27-28,30,36H,1,3-6,8,10-11,16-21,23H2,(H,32,37). The minimum Gasteiger partial charge on any atom is -0.508 e. The summed E-state index contributed by atoms with van der Waals surface area (Å²) in [4.78, 5) is 18.4. The number of nitrogens with one attached hydrogen (secondary N) is 1. The van der Waals surface area contributed by atoms with Crippen molar-refractivity contribution in [1.82, 2.24) is 20.2 Å². The number of hydrogen-bond donors (Lipinski definition) is 2. The highest BCUT2D eigenvalue weighted by molar-refractivity contribution is 5.80. The van der Waals surface area contributed by atoms with Crippen LogP contribution in [0.1, 0.15) is 69.4 Å². The Bertz CT molecular complexity index is 997. The van der Waals surface area contributed by atoms with Crippen LogP contribution in [0.2, 0.25) is 0 Å². The van der Waals surface area contributed by atoms with E-state index >= 15 is 0 Å². The third-order valence-electron chi connectivity index (χ3n) is 8.69. The Labute approximate surface area is 222 Å². The number of hydrogen-bond acceptors (Lipinski definition) is 5. The van der Waals surface area contributed by atoms with Crippen molar-refractivity contribution in [3.8, 4) is 5.75 Å². The number of allylic oxidation sites excluding steroid dienone is 1. The van der Waals surface area contributed by atoms with Crippen LogP contribution in [0.3, 0.4) is 0 Å². The van der Waals surface area contributed by atoms with Crippen molar-refractivity contribution < 1.29 is 9.90 Å². The monoisotopic (exact) mass is 504 g/mol. The Hall–Kier alpha value is -2.41. The number of nitrogens with zero attached hydrogens (tertiary/aromatic N) is 3. The summed E-state index contributed by atoms with van der Waals surface area (Å²) in [5.41, 5.74) is 5.57. The molecule has 3 aliphatic heterocycles. The first-order valence-corrected chi connectivity index (χ1v) is 14.5. The molecule has 3 saturated heterocycles. The molecule has 0 spiro atoms. The average Bonchev–Trinajstić information content (AvgIpc) is 3.21. The molecule has 2 N–H and O–H groups in total. The molecule has 1 aliphatic carbocycles. The SMILES string of the molecule is C=CCN1CCC2CCCC(C1)N2C(C1=CCC(C(=O)NN2CCCCCC2)C=C1)c1cccc(O)c1. The van der Waals surface area contributed by atoms with E-state index in [4.69, 9.17) is 0 Å². The van der Waals surface area contributed by atoms with Crippen LogP contribution in [0.25, 0.3) is 0 Å². The second kappa shape index (κ2) is 12.4. The van der Waals surface area contributed by atoms with Crippen LogP contribution < -0.4 is 5.43 Å². The summed E-state index contributed by atoms with van der Waals surface area (Å²) in [5, 5.41) is 12.5. The van der Waals surface area contributed by atoms with Gasteiger partial charge in [0, 0.05) is 44.8 Å². The maximum atomic E-state index is 13.1. The van der Waals surface area contributed by atoms with Gasteiger partial charge >= 0.3 is 0 Å². The molecule has 6 heteroatoms. The van der Waals surface area contributed by atoms with E-state index in [1.807, 2.05) is 18.2 Å². The maximum absolute atomic E-state index is 13.1. The lowest BCUT2D eigenvalue weighted by Gasteiger charge is -2.46. The molecular formula is C31H44N4O2. The number of hydrazine groups is 1. The molecule has 200 valence electrons. The van der Waals surface area contributed by atoms with Gasteiger partial charge in [0.1, 0.15) is 5.75 Å². The molecule has 0 saturated carbocycles. The Morgan fingerprint density at radius 1 is 1.08 bits per heavy atom. The van der Waals surface area contributed by atoms with Crippen molar-refractivity contribution in [3.63, 3.8) is 0 Å². The van der Waals surface area contributed by atoms with Crippen molar-refractivity contribution >= 4 is 5.91 Å². The largest absolute Gasteiger partial charge is 0.508 e. The quantitative estimate of drug-likeness (QED) is 0.514. The number of piperidine rings is 1. The first-order valence-electron chi connectivity index (χ1n) is 14.5. The van der Waals surface area contributed by atoms with Crippen molar-refractivity contribution in [2.45, 2.75) is 75.9 Å². The van der Waals surface area contributed by atoms with E-state index in [1.165, 1.54) is 37.7 Å². The van der Waals surface area contributed by atoms with Crippen molar-refractivity contribution in [2.24, 2.45) is 5.92 Å². The molecule has 1 aromatic carbocycles. The van der Waals surface area contributed by atoms with Crippen LogP contribution in [0, 0.1) is 5.92 Å². The van der Waals surface area contributed by atoms with Gasteiger partial charge in [0.05, 0.1) is 12.0 Å². The molecule has 0 radical (unpaired) electrons. The van der Waals surface area contributed by atoms with E-state index in [0.717, 1.165) is 57.5 Å². The zero-order valence-electron chi connectivity index (χ0n) is 22.2. The average molecular weight is 505 g/mol. The molecule has 6 nitrogen and oxygen atoms in total. The predicted octanol–water partition coefficient (Wildman–Crippen LogP) is 4.96. The van der Waals surface area contributed by atoms with Gasteiger partial charge in [0.15, 0.2) is 0 Å². The predicted molar refractivity (Wildman–Crippen MR) is 149 cm³/mol. The number of phenolic OH excluding ortho intramolecular Hbond substituents is 1. The lowest BCUT2D eigenvalue weighted by Crippen LogP contribution is -2.50. The zero-order chi connectivity index (χ0) is 25.6. The second-order valence-electron chi connectivity index (χ2n) is 11.3. The number of fused-ring (bicyclic) bond motifs is 2. The first-order chi connectivity index (χ1) is 18.1. The van der Waals surface area contributed by atoms with Gasteiger partial charge < -0.3 is 5.11 Å². The number of amides is 1. The summed E-state index contributed by atoms with van der Waals surface area (Å²) in [6, 6.07) is 8.85. The number of aromatic hydroxyl groups is 1. The first kappa shape index (κ1) is 26.2. The summed E-state index contributed by atoms with van der Waals surface area (Å²) in [6.07, 6.45) is 18.9. The molecule has 4 aliphatic rings. The summed E-state index contributed by atoms with van der Waals surface area (Å²) in [5.74, 6) is 0.281. The molecule has 4 atom stereocenters. The van der Waals surface area contributed by atoms with Crippen molar-refractivity contribution in [2.75, 3.05) is 32.7 Å². The van der Waals surface area contributed by atoms with Gasteiger partial charge in [-0.05, 0) is 61.8 Å². The van der Waals surface area contributed by atoms with E-state index in [9.17, 15) is 9.90 Å². The lowest BCUT2D eigenvalue weighted by atomic mass is 9.84. The summed E-state index contributed by atoms with van der Waals surface area (Å²) >= 11 is 0. The Morgan fingerprint density at radius 3 is 2.62 bits per heavy atom. The van der Waals surface area contributed by atoms with Gasteiger partial charge in [-0.2, -0.15) is 0 Å². The van der Waals surface area contributed by atoms with E-state index in [2.05, 4.69) is 51.1 Å². The molecule has 1 aromatic rings. The summed E-state index contributed by atoms with van der Waals surface area (Å²) < 4.78 is 0. The molecule has 1 amide bonds.